The molecule has 0 bridgehead atoms. The Bertz CT molecular complexity index is 132. The van der Waals surface area contributed by atoms with Crippen LogP contribution in [-0.4, -0.2) is 43.7 Å². The highest BCUT2D eigenvalue weighted by molar-refractivity contribution is 5.71. The van der Waals surface area contributed by atoms with Gasteiger partial charge in [-0.15, -0.1) is 0 Å². The van der Waals surface area contributed by atoms with Crippen LogP contribution >= 0.6 is 0 Å². The third-order valence-electron chi connectivity index (χ3n) is 1.50. The molecule has 58 valence electrons. The van der Waals surface area contributed by atoms with Gasteiger partial charge in [0.05, 0.1) is 6.54 Å². The molecule has 1 aliphatic heterocycles. The minimum absolute atomic E-state index is 0.0137. The van der Waals surface area contributed by atoms with Gasteiger partial charge in [0.15, 0.2) is 0 Å². The van der Waals surface area contributed by atoms with Crippen molar-refractivity contribution in [2.75, 3.05) is 26.7 Å². The Morgan fingerprint density at radius 2 is 2.40 bits per heavy atom. The maximum Gasteiger partial charge on any atom is 0.320 e. The number of nitrogens with zero attached hydrogens (tertiary/aromatic N) is 1. The first-order chi connectivity index (χ1) is 4.72. The predicted octanol–water partition coefficient (Wildman–Crippen LogP) is -1.20. The summed E-state index contributed by atoms with van der Waals surface area (Å²) in [6, 6.07) is 0. The lowest BCUT2D eigenvalue weighted by molar-refractivity contribution is -0.154. The number of hydrogen-bond acceptors (Lipinski definition) is 4. The Balaban J connectivity index is 2.10. The number of rotatable bonds is 2. The number of carbonyl (C=O) groups is 1. The standard InChI is InChI=1S/C6H12N2O2/c1-8-3-5(4-8)10-6(9)2-7/h5H,2-4,7H2,1H3. The molecule has 1 fully saturated rings. The van der Waals surface area contributed by atoms with Crippen LogP contribution in [0.5, 0.6) is 0 Å². The second kappa shape index (κ2) is 2.98. The van der Waals surface area contributed by atoms with Gasteiger partial charge in [-0.1, -0.05) is 0 Å². The average Bonchev–Trinajstić information content (AvgIpc) is 1.84. The zero-order valence-electron chi connectivity index (χ0n) is 6.04. The lowest BCUT2D eigenvalue weighted by Gasteiger charge is -2.35. The minimum Gasteiger partial charge on any atom is -0.459 e. The molecule has 2 N–H and O–H groups in total. The van der Waals surface area contributed by atoms with Crippen LogP contribution in [0.4, 0.5) is 0 Å². The molecule has 0 aromatic rings. The van der Waals surface area contributed by atoms with Crippen LogP contribution in [0.3, 0.4) is 0 Å². The Kier molecular flexibility index (Phi) is 2.24. The molecule has 0 radical (unpaired) electrons. The molecule has 1 saturated heterocycles. The SMILES string of the molecule is CN1CC(OC(=O)CN)C1. The van der Waals surface area contributed by atoms with Crippen molar-refractivity contribution in [2.24, 2.45) is 5.73 Å². The van der Waals surface area contributed by atoms with Gasteiger partial charge in [0.2, 0.25) is 0 Å². The quantitative estimate of drug-likeness (QED) is 0.495. The van der Waals surface area contributed by atoms with E-state index in [1.807, 2.05) is 7.05 Å². The van der Waals surface area contributed by atoms with E-state index in [1.54, 1.807) is 0 Å². The van der Waals surface area contributed by atoms with Crippen molar-refractivity contribution in [3.63, 3.8) is 0 Å². The summed E-state index contributed by atoms with van der Waals surface area (Å²) in [5.41, 5.74) is 5.05. The Hall–Kier alpha value is -0.610. The van der Waals surface area contributed by atoms with E-state index in [4.69, 9.17) is 10.5 Å². The van der Waals surface area contributed by atoms with E-state index in [2.05, 4.69) is 4.90 Å². The highest BCUT2D eigenvalue weighted by Gasteiger charge is 2.25. The van der Waals surface area contributed by atoms with Crippen LogP contribution in [0.2, 0.25) is 0 Å². The fraction of sp³-hybridized carbons (Fsp3) is 0.833. The fourth-order valence-corrected chi connectivity index (χ4v) is 0.950. The van der Waals surface area contributed by atoms with E-state index in [9.17, 15) is 4.79 Å². The zero-order chi connectivity index (χ0) is 7.56. The van der Waals surface area contributed by atoms with Gasteiger partial charge in [0.1, 0.15) is 6.10 Å². The summed E-state index contributed by atoms with van der Waals surface area (Å²) in [6.07, 6.45) is 0.0843. The maximum atomic E-state index is 10.6. The third kappa shape index (κ3) is 1.68. The third-order valence-corrected chi connectivity index (χ3v) is 1.50. The van der Waals surface area contributed by atoms with Gasteiger partial charge in [0, 0.05) is 13.1 Å². The molecule has 0 aromatic heterocycles. The molecule has 1 aliphatic rings. The predicted molar refractivity (Wildman–Crippen MR) is 36.4 cm³/mol. The number of likely N-dealkylation sites (tertiary alicyclic amines) is 1. The highest BCUT2D eigenvalue weighted by atomic mass is 16.5. The smallest absolute Gasteiger partial charge is 0.320 e. The maximum absolute atomic E-state index is 10.6. The molecule has 10 heavy (non-hydrogen) atoms. The summed E-state index contributed by atoms with van der Waals surface area (Å²) in [5, 5.41) is 0. The van der Waals surface area contributed by atoms with Crippen molar-refractivity contribution >= 4 is 5.97 Å². The molecule has 0 unspecified atom stereocenters. The normalized spacial score (nSPS) is 20.2. The van der Waals surface area contributed by atoms with Crippen molar-refractivity contribution in [1.29, 1.82) is 0 Å². The van der Waals surface area contributed by atoms with Crippen molar-refractivity contribution < 1.29 is 9.53 Å². The second-order valence-corrected chi connectivity index (χ2v) is 2.54. The summed E-state index contributed by atoms with van der Waals surface area (Å²) in [5.74, 6) is -0.307. The van der Waals surface area contributed by atoms with Crippen LogP contribution in [-0.2, 0) is 9.53 Å². The number of nitrogens with two attached hydrogens (primary N) is 1. The summed E-state index contributed by atoms with van der Waals surface area (Å²) in [7, 11) is 1.98. The highest BCUT2D eigenvalue weighted by Crippen LogP contribution is 2.07. The van der Waals surface area contributed by atoms with Gasteiger partial charge in [-0.2, -0.15) is 0 Å². The number of ether oxygens (including phenoxy) is 1. The molecule has 1 heterocycles. The number of likely N-dealkylation sites (N-methyl/N-ethyl adjacent to an activating group) is 1. The molecule has 4 nitrogen and oxygen atoms in total. The molecule has 0 atom stereocenters. The largest absolute Gasteiger partial charge is 0.459 e. The minimum atomic E-state index is -0.307. The molecule has 0 aromatic carbocycles. The topological polar surface area (TPSA) is 55.6 Å². The lowest BCUT2D eigenvalue weighted by atomic mass is 10.2. The van der Waals surface area contributed by atoms with E-state index in [-0.39, 0.29) is 18.6 Å². The molecule has 0 amide bonds. The van der Waals surface area contributed by atoms with Crippen molar-refractivity contribution in [1.82, 2.24) is 4.90 Å². The van der Waals surface area contributed by atoms with E-state index in [1.165, 1.54) is 0 Å². The van der Waals surface area contributed by atoms with Crippen molar-refractivity contribution in [3.05, 3.63) is 0 Å². The molecule has 0 aliphatic carbocycles. The lowest BCUT2D eigenvalue weighted by Crippen LogP contribution is -2.50. The Morgan fingerprint density at radius 1 is 1.80 bits per heavy atom. The molecular weight excluding hydrogens is 132 g/mol. The number of carbonyl (C=O) groups excluding carboxylic acids is 1. The van der Waals surface area contributed by atoms with Crippen molar-refractivity contribution in [3.8, 4) is 0 Å². The fourth-order valence-electron chi connectivity index (χ4n) is 0.950. The zero-order valence-corrected chi connectivity index (χ0v) is 6.04. The molecular formula is C6H12N2O2. The summed E-state index contributed by atoms with van der Waals surface area (Å²) in [4.78, 5) is 12.6. The van der Waals surface area contributed by atoms with Gasteiger partial charge in [-0.3, -0.25) is 9.69 Å². The second-order valence-electron chi connectivity index (χ2n) is 2.54. The monoisotopic (exact) mass is 144 g/mol. The Labute approximate surface area is 59.9 Å². The van der Waals surface area contributed by atoms with Crippen LogP contribution in [0, 0.1) is 0 Å². The molecule has 4 heteroatoms. The van der Waals surface area contributed by atoms with Gasteiger partial charge in [0.25, 0.3) is 0 Å². The number of hydrogen-bond donors (Lipinski definition) is 1. The van der Waals surface area contributed by atoms with Gasteiger partial charge in [-0.25, -0.2) is 0 Å². The molecule has 1 rings (SSSR count). The first kappa shape index (κ1) is 7.50. The average molecular weight is 144 g/mol. The van der Waals surface area contributed by atoms with Crippen LogP contribution in [0.1, 0.15) is 0 Å². The first-order valence-corrected chi connectivity index (χ1v) is 3.30. The van der Waals surface area contributed by atoms with Crippen LogP contribution in [0.15, 0.2) is 0 Å². The van der Waals surface area contributed by atoms with Gasteiger partial charge >= 0.3 is 5.97 Å². The first-order valence-electron chi connectivity index (χ1n) is 3.30. The van der Waals surface area contributed by atoms with E-state index in [0.29, 0.717) is 0 Å². The summed E-state index contributed by atoms with van der Waals surface area (Å²) < 4.78 is 4.90. The molecule has 0 spiro atoms. The van der Waals surface area contributed by atoms with E-state index >= 15 is 0 Å². The van der Waals surface area contributed by atoms with Crippen LogP contribution < -0.4 is 5.73 Å². The van der Waals surface area contributed by atoms with Gasteiger partial charge in [-0.05, 0) is 7.05 Å². The summed E-state index contributed by atoms with van der Waals surface area (Å²) >= 11 is 0. The number of esters is 1. The van der Waals surface area contributed by atoms with E-state index in [0.717, 1.165) is 13.1 Å². The van der Waals surface area contributed by atoms with Gasteiger partial charge < -0.3 is 10.5 Å². The van der Waals surface area contributed by atoms with E-state index < -0.39 is 0 Å². The van der Waals surface area contributed by atoms with Crippen molar-refractivity contribution in [2.45, 2.75) is 6.10 Å². The molecule has 0 saturated carbocycles. The van der Waals surface area contributed by atoms with Crippen LogP contribution in [0.25, 0.3) is 0 Å². The summed E-state index contributed by atoms with van der Waals surface area (Å²) in [6.45, 7) is 1.66. The Morgan fingerprint density at radius 3 is 2.80 bits per heavy atom.